The molecule has 2 N–H and O–H groups in total. The average Bonchev–Trinajstić information content (AvgIpc) is 2.81. The van der Waals surface area contributed by atoms with Crippen LogP contribution >= 0.6 is 0 Å². The van der Waals surface area contributed by atoms with Gasteiger partial charge >= 0.3 is 0 Å². The van der Waals surface area contributed by atoms with Gasteiger partial charge in [-0.15, -0.1) is 0 Å². The molecule has 2 fully saturated rings. The Kier molecular flexibility index (Phi) is 1.91. The third kappa shape index (κ3) is 1.32. The summed E-state index contributed by atoms with van der Waals surface area (Å²) in [5.74, 6) is 0.493. The van der Waals surface area contributed by atoms with Gasteiger partial charge in [0.1, 0.15) is 0 Å². The monoisotopic (exact) mass is 203 g/mol. The van der Waals surface area contributed by atoms with Crippen molar-refractivity contribution >= 4 is 0 Å². The van der Waals surface area contributed by atoms with Crippen LogP contribution in [0, 0.1) is 5.92 Å². The summed E-state index contributed by atoms with van der Waals surface area (Å²) in [6.07, 6.45) is 10.7. The van der Waals surface area contributed by atoms with E-state index in [4.69, 9.17) is 0 Å². The standard InChI is InChI=1S/C13H17NO/c1-2-9-4-3-5-10(6-9)12-13(15)7-11(13)8-14-12/h2-3,5-6,11-12,14-15H,4,7-8H2,1H3. The van der Waals surface area contributed by atoms with Crippen LogP contribution in [0.15, 0.2) is 35.5 Å². The quantitative estimate of drug-likeness (QED) is 0.677. The lowest BCUT2D eigenvalue weighted by Crippen LogP contribution is -2.37. The molecule has 2 aliphatic carbocycles. The fourth-order valence-corrected chi connectivity index (χ4v) is 2.81. The van der Waals surface area contributed by atoms with Crippen LogP contribution in [-0.2, 0) is 0 Å². The third-order valence-electron chi connectivity index (χ3n) is 3.91. The largest absolute Gasteiger partial charge is 0.388 e. The van der Waals surface area contributed by atoms with Crippen molar-refractivity contribution in [3.8, 4) is 0 Å². The SMILES string of the molecule is CC=C1C=C(C2NCC3CC32O)C=CC1. The zero-order chi connectivity index (χ0) is 10.5. The minimum Gasteiger partial charge on any atom is -0.388 e. The fourth-order valence-electron chi connectivity index (χ4n) is 2.81. The highest BCUT2D eigenvalue weighted by molar-refractivity contribution is 5.43. The van der Waals surface area contributed by atoms with Gasteiger partial charge in [0.25, 0.3) is 0 Å². The smallest absolute Gasteiger partial charge is 0.0886 e. The van der Waals surface area contributed by atoms with Crippen LogP contribution in [-0.4, -0.2) is 23.3 Å². The van der Waals surface area contributed by atoms with Gasteiger partial charge in [0.15, 0.2) is 0 Å². The van der Waals surface area contributed by atoms with E-state index >= 15 is 0 Å². The van der Waals surface area contributed by atoms with E-state index in [2.05, 4.69) is 36.5 Å². The van der Waals surface area contributed by atoms with E-state index in [1.807, 2.05) is 0 Å². The van der Waals surface area contributed by atoms with Crippen molar-refractivity contribution in [3.63, 3.8) is 0 Å². The summed E-state index contributed by atoms with van der Waals surface area (Å²) in [5.41, 5.74) is 2.16. The van der Waals surface area contributed by atoms with E-state index in [0.29, 0.717) is 5.92 Å². The summed E-state index contributed by atoms with van der Waals surface area (Å²) < 4.78 is 0. The third-order valence-corrected chi connectivity index (χ3v) is 3.91. The van der Waals surface area contributed by atoms with Gasteiger partial charge in [-0.3, -0.25) is 0 Å². The number of nitrogens with one attached hydrogen (secondary N) is 1. The van der Waals surface area contributed by atoms with Crippen LogP contribution in [0.3, 0.4) is 0 Å². The molecule has 15 heavy (non-hydrogen) atoms. The molecule has 2 heteroatoms. The van der Waals surface area contributed by atoms with Crippen molar-refractivity contribution in [2.45, 2.75) is 31.4 Å². The van der Waals surface area contributed by atoms with Crippen LogP contribution in [0.25, 0.3) is 0 Å². The van der Waals surface area contributed by atoms with Crippen LogP contribution in [0.5, 0.6) is 0 Å². The van der Waals surface area contributed by atoms with Crippen LogP contribution in [0.2, 0.25) is 0 Å². The molecule has 3 unspecified atom stereocenters. The molecule has 3 aliphatic rings. The molecule has 1 saturated heterocycles. The Labute approximate surface area is 90.4 Å². The van der Waals surface area contributed by atoms with E-state index in [1.54, 1.807) is 0 Å². The van der Waals surface area contributed by atoms with Crippen molar-refractivity contribution in [1.82, 2.24) is 5.32 Å². The molecule has 80 valence electrons. The summed E-state index contributed by atoms with van der Waals surface area (Å²) in [5, 5.41) is 13.7. The number of piperidine rings is 1. The molecule has 0 aromatic carbocycles. The van der Waals surface area contributed by atoms with Crippen molar-refractivity contribution in [3.05, 3.63) is 35.5 Å². The van der Waals surface area contributed by atoms with Crippen molar-refractivity contribution < 1.29 is 5.11 Å². The Morgan fingerprint density at radius 1 is 1.60 bits per heavy atom. The predicted molar refractivity (Wildman–Crippen MR) is 60.4 cm³/mol. The molecule has 0 bridgehead atoms. The number of allylic oxidation sites excluding steroid dienone is 4. The predicted octanol–water partition coefficient (Wildman–Crippen LogP) is 1.54. The first-order chi connectivity index (χ1) is 7.24. The van der Waals surface area contributed by atoms with Crippen LogP contribution in [0.4, 0.5) is 0 Å². The average molecular weight is 203 g/mol. The van der Waals surface area contributed by atoms with E-state index in [0.717, 1.165) is 19.4 Å². The van der Waals surface area contributed by atoms with Crippen molar-refractivity contribution in [2.75, 3.05) is 6.54 Å². The molecular weight excluding hydrogens is 186 g/mol. The fraction of sp³-hybridized carbons (Fsp3) is 0.538. The topological polar surface area (TPSA) is 32.3 Å². The van der Waals surface area contributed by atoms with Gasteiger partial charge in [-0.05, 0) is 30.9 Å². The molecule has 2 nitrogen and oxygen atoms in total. The van der Waals surface area contributed by atoms with E-state index in [9.17, 15) is 5.11 Å². The molecule has 0 aromatic rings. The molecule has 0 radical (unpaired) electrons. The van der Waals surface area contributed by atoms with Gasteiger partial charge in [-0.2, -0.15) is 0 Å². The second kappa shape index (κ2) is 3.06. The Morgan fingerprint density at radius 2 is 2.47 bits per heavy atom. The Hall–Kier alpha value is -0.860. The molecular formula is C13H17NO. The first kappa shape index (κ1) is 9.37. The highest BCUT2D eigenvalue weighted by Gasteiger charge is 2.62. The van der Waals surface area contributed by atoms with E-state index in [1.165, 1.54) is 11.1 Å². The normalized spacial score (nSPS) is 45.5. The summed E-state index contributed by atoms with van der Waals surface area (Å²) in [4.78, 5) is 0. The van der Waals surface area contributed by atoms with Crippen molar-refractivity contribution in [2.24, 2.45) is 5.92 Å². The van der Waals surface area contributed by atoms with Gasteiger partial charge < -0.3 is 10.4 Å². The minimum absolute atomic E-state index is 0.161. The van der Waals surface area contributed by atoms with Gasteiger partial charge in [0, 0.05) is 12.5 Å². The summed E-state index contributed by atoms with van der Waals surface area (Å²) in [6, 6.07) is 0.161. The van der Waals surface area contributed by atoms with Gasteiger partial charge in [-0.1, -0.05) is 24.3 Å². The van der Waals surface area contributed by atoms with Gasteiger partial charge in [-0.25, -0.2) is 0 Å². The van der Waals surface area contributed by atoms with Crippen LogP contribution in [0.1, 0.15) is 19.8 Å². The maximum atomic E-state index is 10.3. The van der Waals surface area contributed by atoms with Gasteiger partial charge in [0.05, 0.1) is 11.6 Å². The minimum atomic E-state index is -0.438. The zero-order valence-electron chi connectivity index (χ0n) is 9.03. The molecule has 1 saturated carbocycles. The number of aliphatic hydroxyl groups is 1. The Morgan fingerprint density at radius 3 is 3.07 bits per heavy atom. The number of fused-ring (bicyclic) bond motifs is 1. The number of rotatable bonds is 1. The zero-order valence-corrected chi connectivity index (χ0v) is 9.03. The molecule has 1 aliphatic heterocycles. The van der Waals surface area contributed by atoms with Crippen LogP contribution < -0.4 is 5.32 Å². The molecule has 0 aromatic heterocycles. The molecule has 3 rings (SSSR count). The van der Waals surface area contributed by atoms with E-state index in [-0.39, 0.29) is 6.04 Å². The highest BCUT2D eigenvalue weighted by Crippen LogP contribution is 2.52. The Balaban J connectivity index is 1.88. The Bertz CT molecular complexity index is 378. The second-order valence-corrected chi connectivity index (χ2v) is 4.85. The second-order valence-electron chi connectivity index (χ2n) is 4.85. The molecule has 0 spiro atoms. The van der Waals surface area contributed by atoms with E-state index < -0.39 is 5.60 Å². The lowest BCUT2D eigenvalue weighted by atomic mass is 9.93. The number of hydrogen-bond acceptors (Lipinski definition) is 2. The molecule has 3 atom stereocenters. The summed E-state index contributed by atoms with van der Waals surface area (Å²) in [7, 11) is 0. The maximum Gasteiger partial charge on any atom is 0.0886 e. The first-order valence-corrected chi connectivity index (χ1v) is 5.73. The summed E-state index contributed by atoms with van der Waals surface area (Å²) >= 11 is 0. The molecule has 0 amide bonds. The summed E-state index contributed by atoms with van der Waals surface area (Å²) in [6.45, 7) is 3.04. The maximum absolute atomic E-state index is 10.3. The number of hydrogen-bond donors (Lipinski definition) is 2. The van der Waals surface area contributed by atoms with Crippen molar-refractivity contribution in [1.29, 1.82) is 0 Å². The van der Waals surface area contributed by atoms with Gasteiger partial charge in [0.2, 0.25) is 0 Å². The first-order valence-electron chi connectivity index (χ1n) is 5.73. The molecule has 1 heterocycles. The lowest BCUT2D eigenvalue weighted by molar-refractivity contribution is 0.129. The highest BCUT2D eigenvalue weighted by atomic mass is 16.3. The lowest BCUT2D eigenvalue weighted by Gasteiger charge is -2.22.